The normalized spacial score (nSPS) is 11.3. The summed E-state index contributed by atoms with van der Waals surface area (Å²) in [6.45, 7) is 7.12. The van der Waals surface area contributed by atoms with E-state index >= 15 is 0 Å². The van der Waals surface area contributed by atoms with Crippen molar-refractivity contribution in [2.45, 2.75) is 13.8 Å². The molecule has 2 aromatic rings. The van der Waals surface area contributed by atoms with Crippen LogP contribution < -0.4 is 19.2 Å². The van der Waals surface area contributed by atoms with Crippen LogP contribution in [-0.4, -0.2) is 47.1 Å². The minimum atomic E-state index is -3.69. The summed E-state index contributed by atoms with van der Waals surface area (Å²) >= 11 is 3.42. The van der Waals surface area contributed by atoms with Crippen molar-refractivity contribution < 1.29 is 22.7 Å². The fourth-order valence-electron chi connectivity index (χ4n) is 3.00. The zero-order chi connectivity index (χ0) is 23.9. The third-order valence-corrected chi connectivity index (χ3v) is 6.08. The largest absolute Gasteiger partial charge is 0.493 e. The molecule has 0 aromatic heterocycles. The van der Waals surface area contributed by atoms with Gasteiger partial charge in [-0.25, -0.2) is 13.8 Å². The molecule has 0 bridgehead atoms. The van der Waals surface area contributed by atoms with Gasteiger partial charge in [-0.2, -0.15) is 5.10 Å². The Balaban J connectivity index is 2.17. The lowest BCUT2D eigenvalue weighted by molar-refractivity contribution is -0.119. The Labute approximate surface area is 197 Å². The van der Waals surface area contributed by atoms with Gasteiger partial charge in [0, 0.05) is 0 Å². The minimum Gasteiger partial charge on any atom is -0.493 e. The molecule has 2 aromatic carbocycles. The van der Waals surface area contributed by atoms with Gasteiger partial charge in [0.05, 0.1) is 29.7 Å². The highest BCUT2D eigenvalue weighted by Crippen LogP contribution is 2.36. The smallest absolute Gasteiger partial charge is 0.260 e. The van der Waals surface area contributed by atoms with E-state index in [0.717, 1.165) is 21.7 Å². The molecule has 0 unspecified atom stereocenters. The van der Waals surface area contributed by atoms with E-state index in [4.69, 9.17) is 9.47 Å². The molecular weight excluding hydrogens is 498 g/mol. The minimum absolute atomic E-state index is 0.315. The number of aryl methyl sites for hydroxylation is 2. The number of para-hydroxylation sites is 1. The third kappa shape index (κ3) is 6.57. The molecule has 10 heteroatoms. The summed E-state index contributed by atoms with van der Waals surface area (Å²) in [6, 6.07) is 8.86. The molecule has 0 saturated carbocycles. The summed E-state index contributed by atoms with van der Waals surface area (Å²) in [5.41, 5.74) is 4.99. The second-order valence-electron chi connectivity index (χ2n) is 6.94. The van der Waals surface area contributed by atoms with Gasteiger partial charge in [-0.05, 0) is 58.6 Å². The number of nitrogens with zero attached hydrogens (tertiary/aromatic N) is 2. The lowest BCUT2D eigenvalue weighted by Gasteiger charge is -2.25. The van der Waals surface area contributed by atoms with E-state index in [9.17, 15) is 13.2 Å². The van der Waals surface area contributed by atoms with Gasteiger partial charge >= 0.3 is 0 Å². The Morgan fingerprint density at radius 3 is 2.50 bits per heavy atom. The SMILES string of the molecule is C=CCOc1c(Br)cc(/C=N\NC(=O)CN(c2c(C)cccc2C)S(C)(=O)=O)cc1OC. The summed E-state index contributed by atoms with van der Waals surface area (Å²) in [5.74, 6) is 0.421. The van der Waals surface area contributed by atoms with Gasteiger partial charge < -0.3 is 9.47 Å². The van der Waals surface area contributed by atoms with Crippen LogP contribution in [0.15, 0.2) is 52.6 Å². The number of hydrazone groups is 1. The number of hydrogen-bond acceptors (Lipinski definition) is 6. The maximum Gasteiger partial charge on any atom is 0.260 e. The topological polar surface area (TPSA) is 97.3 Å². The maximum absolute atomic E-state index is 12.5. The van der Waals surface area contributed by atoms with Crippen LogP contribution >= 0.6 is 15.9 Å². The van der Waals surface area contributed by atoms with Gasteiger partial charge in [0.2, 0.25) is 10.0 Å². The molecule has 172 valence electrons. The number of benzene rings is 2. The molecule has 0 heterocycles. The van der Waals surface area contributed by atoms with Crippen molar-refractivity contribution in [2.24, 2.45) is 5.10 Å². The molecule has 0 aliphatic rings. The molecule has 8 nitrogen and oxygen atoms in total. The van der Waals surface area contributed by atoms with Crippen molar-refractivity contribution in [1.29, 1.82) is 0 Å². The van der Waals surface area contributed by atoms with Crippen LogP contribution in [0.3, 0.4) is 0 Å². The van der Waals surface area contributed by atoms with Crippen LogP contribution in [0.5, 0.6) is 11.5 Å². The second kappa shape index (κ2) is 11.1. The Bertz CT molecular complexity index is 1110. The van der Waals surface area contributed by atoms with Crippen LogP contribution in [0.25, 0.3) is 0 Å². The summed E-state index contributed by atoms with van der Waals surface area (Å²) in [7, 11) is -2.17. The average Bonchev–Trinajstić information content (AvgIpc) is 2.71. The maximum atomic E-state index is 12.5. The predicted octanol–water partition coefficient (Wildman–Crippen LogP) is 3.56. The number of nitrogens with one attached hydrogen (secondary N) is 1. The lowest BCUT2D eigenvalue weighted by Crippen LogP contribution is -2.39. The Hall–Kier alpha value is -2.85. The van der Waals surface area contributed by atoms with Crippen molar-refractivity contribution in [1.82, 2.24) is 5.43 Å². The number of rotatable bonds is 10. The number of carbonyl (C=O) groups excluding carboxylic acids is 1. The molecule has 0 saturated heterocycles. The standard InChI is InChI=1S/C22H26BrN3O5S/c1-6-10-31-22-18(23)11-17(12-19(22)30-4)13-24-25-20(27)14-26(32(5,28)29)21-15(2)8-7-9-16(21)3/h6-9,11-13H,1,10,14H2,2-5H3,(H,25,27)/b24-13-. The first-order valence-corrected chi connectivity index (χ1v) is 12.2. The molecule has 1 N–H and O–H groups in total. The molecule has 2 rings (SSSR count). The molecule has 0 aliphatic carbocycles. The van der Waals surface area contributed by atoms with Gasteiger partial charge in [0.1, 0.15) is 13.2 Å². The number of sulfonamides is 1. The summed E-state index contributed by atoms with van der Waals surface area (Å²) < 4.78 is 37.3. The number of anilines is 1. The Morgan fingerprint density at radius 2 is 1.94 bits per heavy atom. The van der Waals surface area contributed by atoms with Crippen LogP contribution in [0.4, 0.5) is 5.69 Å². The molecule has 0 radical (unpaired) electrons. The summed E-state index contributed by atoms with van der Waals surface area (Å²) in [5, 5.41) is 3.94. The highest BCUT2D eigenvalue weighted by molar-refractivity contribution is 9.10. The molecule has 0 atom stereocenters. The van der Waals surface area contributed by atoms with Gasteiger partial charge in [0.25, 0.3) is 5.91 Å². The van der Waals surface area contributed by atoms with Crippen molar-refractivity contribution in [3.63, 3.8) is 0 Å². The number of halogens is 1. The first-order chi connectivity index (χ1) is 15.1. The van der Waals surface area contributed by atoms with E-state index in [1.54, 1.807) is 44.2 Å². The summed E-state index contributed by atoms with van der Waals surface area (Å²) in [6.07, 6.45) is 4.11. The zero-order valence-electron chi connectivity index (χ0n) is 18.4. The molecule has 0 spiro atoms. The Morgan fingerprint density at radius 1 is 1.28 bits per heavy atom. The molecule has 1 amide bonds. The van der Waals surface area contributed by atoms with Crippen LogP contribution in [-0.2, 0) is 14.8 Å². The fraction of sp³-hybridized carbons (Fsp3) is 0.273. The lowest BCUT2D eigenvalue weighted by atomic mass is 10.1. The first kappa shape index (κ1) is 25.4. The molecule has 32 heavy (non-hydrogen) atoms. The van der Waals surface area contributed by atoms with E-state index in [-0.39, 0.29) is 0 Å². The van der Waals surface area contributed by atoms with Gasteiger partial charge in [-0.15, -0.1) is 0 Å². The fourth-order valence-corrected chi connectivity index (χ4v) is 4.55. The number of methoxy groups -OCH3 is 1. The van der Waals surface area contributed by atoms with Crippen LogP contribution in [0, 0.1) is 13.8 Å². The van der Waals surface area contributed by atoms with E-state index in [1.165, 1.54) is 13.3 Å². The zero-order valence-corrected chi connectivity index (χ0v) is 20.8. The van der Waals surface area contributed by atoms with E-state index in [1.807, 2.05) is 6.07 Å². The monoisotopic (exact) mass is 523 g/mol. The van der Waals surface area contributed by atoms with Crippen molar-refractivity contribution in [3.05, 3.63) is 64.1 Å². The highest BCUT2D eigenvalue weighted by atomic mass is 79.9. The van der Waals surface area contributed by atoms with Crippen LogP contribution in [0.1, 0.15) is 16.7 Å². The number of ether oxygens (including phenoxy) is 2. The predicted molar refractivity (Wildman–Crippen MR) is 130 cm³/mol. The van der Waals surface area contributed by atoms with E-state index in [0.29, 0.717) is 33.8 Å². The van der Waals surface area contributed by atoms with Gasteiger partial charge in [-0.3, -0.25) is 9.10 Å². The van der Waals surface area contributed by atoms with Crippen molar-refractivity contribution in [2.75, 3.05) is 30.8 Å². The van der Waals surface area contributed by atoms with Crippen LogP contribution in [0.2, 0.25) is 0 Å². The molecule has 0 aliphatic heterocycles. The van der Waals surface area contributed by atoms with Gasteiger partial charge in [0.15, 0.2) is 11.5 Å². The molecular formula is C22H26BrN3O5S. The van der Waals surface area contributed by atoms with E-state index < -0.39 is 22.5 Å². The average molecular weight is 524 g/mol. The first-order valence-electron chi connectivity index (χ1n) is 9.55. The van der Waals surface area contributed by atoms with Crippen molar-refractivity contribution in [3.8, 4) is 11.5 Å². The second-order valence-corrected chi connectivity index (χ2v) is 9.70. The highest BCUT2D eigenvalue weighted by Gasteiger charge is 2.23. The summed E-state index contributed by atoms with van der Waals surface area (Å²) in [4.78, 5) is 12.5. The third-order valence-electron chi connectivity index (χ3n) is 4.38. The van der Waals surface area contributed by atoms with E-state index in [2.05, 4.69) is 33.0 Å². The molecule has 0 fully saturated rings. The number of hydrogen-bond donors (Lipinski definition) is 1. The Kier molecular flexibility index (Phi) is 8.85. The van der Waals surface area contributed by atoms with Crippen molar-refractivity contribution >= 4 is 43.8 Å². The van der Waals surface area contributed by atoms with Gasteiger partial charge in [-0.1, -0.05) is 30.9 Å². The quantitative estimate of drug-likeness (QED) is 0.291. The number of amides is 1. The number of carbonyl (C=O) groups is 1.